The second kappa shape index (κ2) is 7.59. The summed E-state index contributed by atoms with van der Waals surface area (Å²) >= 11 is 0. The highest BCUT2D eigenvalue weighted by Gasteiger charge is 2.33. The van der Waals surface area contributed by atoms with Gasteiger partial charge >= 0.3 is 6.18 Å². The Bertz CT molecular complexity index is 796. The van der Waals surface area contributed by atoms with E-state index in [1.165, 1.54) is 19.2 Å². The Balaban J connectivity index is 2.01. The lowest BCUT2D eigenvalue weighted by Crippen LogP contribution is -2.36. The number of alkyl halides is 3. The highest BCUT2D eigenvalue weighted by molar-refractivity contribution is 5.95. The van der Waals surface area contributed by atoms with Crippen LogP contribution in [-0.2, 0) is 22.2 Å². The number of carbonyl (C=O) groups excluding carboxylic acids is 2. The molecule has 0 fully saturated rings. The maximum atomic E-state index is 12.9. The second-order valence-corrected chi connectivity index (χ2v) is 5.82. The third kappa shape index (κ3) is 4.62. The average Bonchev–Trinajstić information content (AvgIpc) is 2.86. The van der Waals surface area contributed by atoms with E-state index in [0.717, 1.165) is 17.0 Å². The van der Waals surface area contributed by atoms with Gasteiger partial charge < -0.3 is 14.7 Å². The minimum atomic E-state index is -4.59. The van der Waals surface area contributed by atoms with Crippen LogP contribution in [0.25, 0.3) is 0 Å². The first-order valence-electron chi connectivity index (χ1n) is 7.71. The van der Waals surface area contributed by atoms with Crippen LogP contribution < -0.4 is 5.32 Å². The molecule has 6 nitrogen and oxygen atoms in total. The summed E-state index contributed by atoms with van der Waals surface area (Å²) in [6.45, 7) is 2.98. The predicted molar refractivity (Wildman–Crippen MR) is 87.4 cm³/mol. The van der Waals surface area contributed by atoms with Crippen molar-refractivity contribution in [1.82, 2.24) is 10.1 Å². The third-order valence-electron chi connectivity index (χ3n) is 3.82. The second-order valence-electron chi connectivity index (χ2n) is 5.82. The number of amides is 2. The highest BCUT2D eigenvalue weighted by atomic mass is 19.4. The number of aromatic nitrogens is 1. The standard InChI is InChI=1S/C17H18F3N3O3/c1-10-12(11(2)26-22-10)8-16(25)23(3)9-15(24)21-14-7-5-4-6-13(14)17(18,19)20/h4-7H,8-9H2,1-3H3,(H,21,24). The average molecular weight is 369 g/mol. The SMILES string of the molecule is Cc1noc(C)c1CC(=O)N(C)CC(=O)Nc1ccccc1C(F)(F)F. The first kappa shape index (κ1) is 19.5. The number of nitrogens with one attached hydrogen (secondary N) is 1. The molecule has 0 unspecified atom stereocenters. The van der Waals surface area contributed by atoms with Crippen molar-refractivity contribution in [3.63, 3.8) is 0 Å². The first-order valence-corrected chi connectivity index (χ1v) is 7.71. The normalized spacial score (nSPS) is 11.3. The van der Waals surface area contributed by atoms with Crippen molar-refractivity contribution >= 4 is 17.5 Å². The first-order chi connectivity index (χ1) is 12.1. The van der Waals surface area contributed by atoms with E-state index in [9.17, 15) is 22.8 Å². The Morgan fingerprint density at radius 3 is 2.46 bits per heavy atom. The Morgan fingerprint density at radius 2 is 1.88 bits per heavy atom. The fraction of sp³-hybridized carbons (Fsp3) is 0.353. The van der Waals surface area contributed by atoms with Gasteiger partial charge in [-0.25, -0.2) is 0 Å². The number of halogens is 3. The van der Waals surface area contributed by atoms with E-state index in [0.29, 0.717) is 17.0 Å². The molecule has 2 amide bonds. The van der Waals surface area contributed by atoms with Gasteiger partial charge in [-0.2, -0.15) is 13.2 Å². The van der Waals surface area contributed by atoms with Gasteiger partial charge in [-0.3, -0.25) is 9.59 Å². The molecule has 1 N–H and O–H groups in total. The summed E-state index contributed by atoms with van der Waals surface area (Å²) in [4.78, 5) is 25.4. The molecule has 0 aliphatic carbocycles. The lowest BCUT2D eigenvalue weighted by molar-refractivity contribution is -0.137. The molecule has 1 heterocycles. The summed E-state index contributed by atoms with van der Waals surface area (Å²) in [6, 6.07) is 4.66. The number of nitrogens with zero attached hydrogens (tertiary/aromatic N) is 2. The minimum absolute atomic E-state index is 0.00984. The topological polar surface area (TPSA) is 75.4 Å². The molecule has 0 saturated heterocycles. The lowest BCUT2D eigenvalue weighted by Gasteiger charge is -2.18. The smallest absolute Gasteiger partial charge is 0.361 e. The lowest BCUT2D eigenvalue weighted by atomic mass is 10.1. The molecule has 26 heavy (non-hydrogen) atoms. The number of likely N-dealkylation sites (N-methyl/N-ethyl adjacent to an activating group) is 1. The van der Waals surface area contributed by atoms with Gasteiger partial charge in [0.15, 0.2) is 0 Å². The molecule has 0 atom stereocenters. The zero-order valence-electron chi connectivity index (χ0n) is 14.5. The molecule has 140 valence electrons. The van der Waals surface area contributed by atoms with Crippen molar-refractivity contribution in [3.8, 4) is 0 Å². The van der Waals surface area contributed by atoms with Gasteiger partial charge in [0.2, 0.25) is 11.8 Å². The zero-order valence-corrected chi connectivity index (χ0v) is 14.5. The van der Waals surface area contributed by atoms with E-state index in [-0.39, 0.29) is 24.6 Å². The summed E-state index contributed by atoms with van der Waals surface area (Å²) in [6.07, 6.45) is -4.60. The third-order valence-corrected chi connectivity index (χ3v) is 3.82. The van der Waals surface area contributed by atoms with Crippen LogP contribution in [0, 0.1) is 13.8 Å². The molecule has 0 bridgehead atoms. The molecular weight excluding hydrogens is 351 g/mol. The Labute approximate surface area is 148 Å². The minimum Gasteiger partial charge on any atom is -0.361 e. The quantitative estimate of drug-likeness (QED) is 0.879. The van der Waals surface area contributed by atoms with Gasteiger partial charge in [-0.15, -0.1) is 0 Å². The summed E-state index contributed by atoms with van der Waals surface area (Å²) in [7, 11) is 1.40. The summed E-state index contributed by atoms with van der Waals surface area (Å²) in [5, 5.41) is 5.95. The number of hydrogen-bond donors (Lipinski definition) is 1. The van der Waals surface area contributed by atoms with Crippen molar-refractivity contribution in [1.29, 1.82) is 0 Å². The van der Waals surface area contributed by atoms with Crippen molar-refractivity contribution in [2.45, 2.75) is 26.4 Å². The van der Waals surface area contributed by atoms with Gasteiger partial charge in [0.1, 0.15) is 5.76 Å². The van der Waals surface area contributed by atoms with Crippen molar-refractivity contribution in [2.24, 2.45) is 0 Å². The Morgan fingerprint density at radius 1 is 1.23 bits per heavy atom. The predicted octanol–water partition coefficient (Wildman–Crippen LogP) is 2.95. The van der Waals surface area contributed by atoms with Crippen LogP contribution >= 0.6 is 0 Å². The summed E-state index contributed by atoms with van der Waals surface area (Å²) in [5.74, 6) is -0.595. The van der Waals surface area contributed by atoms with E-state index < -0.39 is 17.6 Å². The van der Waals surface area contributed by atoms with E-state index in [4.69, 9.17) is 4.52 Å². The van der Waals surface area contributed by atoms with Crippen LogP contribution in [0.5, 0.6) is 0 Å². The van der Waals surface area contributed by atoms with Crippen LogP contribution in [0.2, 0.25) is 0 Å². The molecule has 0 aliphatic heterocycles. The largest absolute Gasteiger partial charge is 0.418 e. The summed E-state index contributed by atoms with van der Waals surface area (Å²) in [5.41, 5.74) is -0.0906. The zero-order chi connectivity index (χ0) is 19.5. The van der Waals surface area contributed by atoms with Crippen LogP contribution in [0.4, 0.5) is 18.9 Å². The van der Waals surface area contributed by atoms with Gasteiger partial charge in [0.05, 0.1) is 29.9 Å². The number of carbonyl (C=O) groups is 2. The molecule has 1 aromatic carbocycles. The van der Waals surface area contributed by atoms with Crippen LogP contribution in [0.15, 0.2) is 28.8 Å². The number of para-hydroxylation sites is 1. The highest BCUT2D eigenvalue weighted by Crippen LogP contribution is 2.34. The molecule has 0 aliphatic rings. The van der Waals surface area contributed by atoms with Gasteiger partial charge in [0, 0.05) is 12.6 Å². The van der Waals surface area contributed by atoms with E-state index in [1.54, 1.807) is 13.8 Å². The fourth-order valence-electron chi connectivity index (χ4n) is 2.37. The molecule has 0 spiro atoms. The van der Waals surface area contributed by atoms with Crippen molar-refractivity contribution in [2.75, 3.05) is 18.9 Å². The number of anilines is 1. The number of benzene rings is 1. The maximum Gasteiger partial charge on any atom is 0.418 e. The van der Waals surface area contributed by atoms with E-state index >= 15 is 0 Å². The molecule has 1 aromatic heterocycles. The van der Waals surface area contributed by atoms with Crippen molar-refractivity contribution < 1.29 is 27.3 Å². The molecular formula is C17H18F3N3O3. The summed E-state index contributed by atoms with van der Waals surface area (Å²) < 4.78 is 43.8. The number of hydrogen-bond acceptors (Lipinski definition) is 4. The van der Waals surface area contributed by atoms with Gasteiger partial charge in [-0.05, 0) is 26.0 Å². The van der Waals surface area contributed by atoms with Gasteiger partial charge in [0.25, 0.3) is 0 Å². The Hall–Kier alpha value is -2.84. The van der Waals surface area contributed by atoms with Crippen LogP contribution in [-0.4, -0.2) is 35.5 Å². The maximum absolute atomic E-state index is 12.9. The molecule has 2 aromatic rings. The molecule has 9 heteroatoms. The Kier molecular flexibility index (Phi) is 5.69. The van der Waals surface area contributed by atoms with Gasteiger partial charge in [-0.1, -0.05) is 17.3 Å². The van der Waals surface area contributed by atoms with E-state index in [2.05, 4.69) is 10.5 Å². The number of aryl methyl sites for hydroxylation is 2. The van der Waals surface area contributed by atoms with Crippen LogP contribution in [0.3, 0.4) is 0 Å². The monoisotopic (exact) mass is 369 g/mol. The van der Waals surface area contributed by atoms with Crippen LogP contribution in [0.1, 0.15) is 22.6 Å². The van der Waals surface area contributed by atoms with E-state index in [1.807, 2.05) is 0 Å². The molecule has 0 radical (unpaired) electrons. The number of rotatable bonds is 5. The molecule has 0 saturated carbocycles. The molecule has 2 rings (SSSR count). The fourth-order valence-corrected chi connectivity index (χ4v) is 2.37. The van der Waals surface area contributed by atoms with Crippen molar-refractivity contribution in [3.05, 3.63) is 46.8 Å².